The number of hydrogen-bond acceptors (Lipinski definition) is 3. The Morgan fingerprint density at radius 2 is 1.92 bits per heavy atom. The van der Waals surface area contributed by atoms with Gasteiger partial charge >= 0.3 is 0 Å². The number of nitrogens with two attached hydrogens (primary N) is 1. The van der Waals surface area contributed by atoms with Gasteiger partial charge in [0.05, 0.1) is 5.92 Å². The molecule has 1 saturated carbocycles. The van der Waals surface area contributed by atoms with E-state index < -0.39 is 11.6 Å². The van der Waals surface area contributed by atoms with E-state index in [2.05, 4.69) is 4.90 Å². The molecule has 1 aliphatic carbocycles. The van der Waals surface area contributed by atoms with Crippen LogP contribution in [0.25, 0.3) is 0 Å². The third-order valence-corrected chi connectivity index (χ3v) is 5.47. The van der Waals surface area contributed by atoms with Gasteiger partial charge in [-0.3, -0.25) is 9.69 Å². The van der Waals surface area contributed by atoms with E-state index in [4.69, 9.17) is 5.73 Å². The quantitative estimate of drug-likeness (QED) is 0.921. The average molecular weight is 337 g/mol. The van der Waals surface area contributed by atoms with E-state index in [1.165, 1.54) is 12.1 Å². The molecule has 2 N–H and O–H groups in total. The molecule has 0 radical (unpaired) electrons. The lowest BCUT2D eigenvalue weighted by atomic mass is 10.0. The molecule has 0 bridgehead atoms. The number of nitrogens with zero attached hydrogens (tertiary/aromatic N) is 2. The van der Waals surface area contributed by atoms with Gasteiger partial charge in [-0.15, -0.1) is 0 Å². The minimum atomic E-state index is -0.563. The minimum Gasteiger partial charge on any atom is -0.340 e. The molecule has 1 heterocycles. The molecule has 6 heteroatoms. The number of carbonyl (C=O) groups excluding carboxylic acids is 1. The molecular formula is C18H25F2N3O. The molecule has 24 heavy (non-hydrogen) atoms. The zero-order chi connectivity index (χ0) is 17.3. The van der Waals surface area contributed by atoms with Gasteiger partial charge in [-0.1, -0.05) is 12.5 Å². The molecule has 2 aliphatic rings. The molecule has 1 aromatic rings. The van der Waals surface area contributed by atoms with E-state index in [0.717, 1.165) is 25.3 Å². The SMILES string of the molecule is C[C@H](c1ccc(F)cc1F)N1CCN(C(=O)[C@H]2CCC[C@@H]2N)CC1. The van der Waals surface area contributed by atoms with Crippen molar-refractivity contribution >= 4 is 5.91 Å². The molecule has 132 valence electrons. The van der Waals surface area contributed by atoms with E-state index in [9.17, 15) is 13.6 Å². The highest BCUT2D eigenvalue weighted by molar-refractivity contribution is 5.80. The van der Waals surface area contributed by atoms with Crippen LogP contribution in [0.1, 0.15) is 37.8 Å². The summed E-state index contributed by atoms with van der Waals surface area (Å²) < 4.78 is 27.0. The maximum atomic E-state index is 14.0. The minimum absolute atomic E-state index is 0.0113. The lowest BCUT2D eigenvalue weighted by molar-refractivity contribution is -0.137. The average Bonchev–Trinajstić information content (AvgIpc) is 3.00. The van der Waals surface area contributed by atoms with E-state index >= 15 is 0 Å². The van der Waals surface area contributed by atoms with E-state index in [1.807, 2.05) is 11.8 Å². The second-order valence-corrected chi connectivity index (χ2v) is 6.90. The van der Waals surface area contributed by atoms with Crippen LogP contribution in [0.5, 0.6) is 0 Å². The highest BCUT2D eigenvalue weighted by Crippen LogP contribution is 2.28. The molecule has 1 aliphatic heterocycles. The molecular weight excluding hydrogens is 312 g/mol. The van der Waals surface area contributed by atoms with Gasteiger partial charge in [-0.2, -0.15) is 0 Å². The standard InChI is InChI=1S/C18H25F2N3O/c1-12(14-6-5-13(19)11-16(14)20)22-7-9-23(10-8-22)18(24)15-3-2-4-17(15)21/h5-6,11-12,15,17H,2-4,7-10,21H2,1H3/t12-,15+,17+/m1/s1. The second kappa shape index (κ2) is 7.15. The highest BCUT2D eigenvalue weighted by atomic mass is 19.1. The van der Waals surface area contributed by atoms with Crippen molar-refractivity contribution in [1.82, 2.24) is 9.80 Å². The molecule has 3 atom stereocenters. The van der Waals surface area contributed by atoms with Gasteiger partial charge in [0.2, 0.25) is 5.91 Å². The monoisotopic (exact) mass is 337 g/mol. The Kier molecular flexibility index (Phi) is 5.15. The van der Waals surface area contributed by atoms with Crippen molar-refractivity contribution in [2.24, 2.45) is 11.7 Å². The molecule has 4 nitrogen and oxygen atoms in total. The van der Waals surface area contributed by atoms with Crippen LogP contribution in [0.4, 0.5) is 8.78 Å². The molecule has 1 amide bonds. The smallest absolute Gasteiger partial charge is 0.227 e. The van der Waals surface area contributed by atoms with Crippen LogP contribution in [0.3, 0.4) is 0 Å². The Morgan fingerprint density at radius 3 is 2.50 bits per heavy atom. The summed E-state index contributed by atoms with van der Waals surface area (Å²) in [4.78, 5) is 16.6. The third-order valence-electron chi connectivity index (χ3n) is 5.47. The normalized spacial score (nSPS) is 26.6. The van der Waals surface area contributed by atoms with Crippen molar-refractivity contribution in [2.75, 3.05) is 26.2 Å². The van der Waals surface area contributed by atoms with Crippen LogP contribution >= 0.6 is 0 Å². The summed E-state index contributed by atoms with van der Waals surface area (Å²) >= 11 is 0. The number of halogens is 2. The van der Waals surface area contributed by atoms with Crippen LogP contribution in [-0.2, 0) is 4.79 Å². The molecule has 0 spiro atoms. The molecule has 2 fully saturated rings. The van der Waals surface area contributed by atoms with Crippen LogP contribution in [-0.4, -0.2) is 47.9 Å². The van der Waals surface area contributed by atoms with Crippen molar-refractivity contribution in [3.63, 3.8) is 0 Å². The molecule has 3 rings (SSSR count). The Bertz CT molecular complexity index is 602. The third kappa shape index (κ3) is 3.44. The van der Waals surface area contributed by atoms with Crippen molar-refractivity contribution < 1.29 is 13.6 Å². The first-order chi connectivity index (χ1) is 11.5. The number of rotatable bonds is 3. The molecule has 0 unspecified atom stereocenters. The van der Waals surface area contributed by atoms with Crippen LogP contribution < -0.4 is 5.73 Å². The summed E-state index contributed by atoms with van der Waals surface area (Å²) in [5.41, 5.74) is 6.53. The Balaban J connectivity index is 1.59. The predicted octanol–water partition coefficient (Wildman–Crippen LogP) is 2.30. The second-order valence-electron chi connectivity index (χ2n) is 6.90. The van der Waals surface area contributed by atoms with Gasteiger partial charge in [0, 0.05) is 49.9 Å². The lowest BCUT2D eigenvalue weighted by Gasteiger charge is -2.39. The first-order valence-corrected chi connectivity index (χ1v) is 8.70. The summed E-state index contributed by atoms with van der Waals surface area (Å²) in [6.07, 6.45) is 2.84. The van der Waals surface area contributed by atoms with Crippen LogP contribution in [0, 0.1) is 17.6 Å². The zero-order valence-electron chi connectivity index (χ0n) is 14.0. The lowest BCUT2D eigenvalue weighted by Crippen LogP contribution is -2.52. The van der Waals surface area contributed by atoms with Crippen molar-refractivity contribution in [1.29, 1.82) is 0 Å². The summed E-state index contributed by atoms with van der Waals surface area (Å²) in [5, 5.41) is 0. The number of piperazine rings is 1. The first-order valence-electron chi connectivity index (χ1n) is 8.70. The summed E-state index contributed by atoms with van der Waals surface area (Å²) in [7, 11) is 0. The predicted molar refractivity (Wildman–Crippen MR) is 88.2 cm³/mol. The molecule has 0 aromatic heterocycles. The largest absolute Gasteiger partial charge is 0.340 e. The maximum absolute atomic E-state index is 14.0. The van der Waals surface area contributed by atoms with Gasteiger partial charge in [0.15, 0.2) is 0 Å². The number of carbonyl (C=O) groups is 1. The maximum Gasteiger partial charge on any atom is 0.227 e. The van der Waals surface area contributed by atoms with E-state index in [1.54, 1.807) is 0 Å². The summed E-state index contributed by atoms with van der Waals surface area (Å²) in [6.45, 7) is 4.56. The van der Waals surface area contributed by atoms with Crippen molar-refractivity contribution in [3.05, 3.63) is 35.4 Å². The Labute approximate surface area is 141 Å². The van der Waals surface area contributed by atoms with Crippen LogP contribution in [0.15, 0.2) is 18.2 Å². The van der Waals surface area contributed by atoms with Crippen molar-refractivity contribution in [2.45, 2.75) is 38.3 Å². The molecule has 1 aromatic carbocycles. The fourth-order valence-corrected chi connectivity index (χ4v) is 3.90. The van der Waals surface area contributed by atoms with E-state index in [-0.39, 0.29) is 23.9 Å². The van der Waals surface area contributed by atoms with Gasteiger partial charge < -0.3 is 10.6 Å². The highest BCUT2D eigenvalue weighted by Gasteiger charge is 2.35. The Hall–Kier alpha value is -1.53. The number of amides is 1. The van der Waals surface area contributed by atoms with E-state index in [0.29, 0.717) is 31.7 Å². The first kappa shape index (κ1) is 17.3. The van der Waals surface area contributed by atoms with Gasteiger partial charge in [0.25, 0.3) is 0 Å². The Morgan fingerprint density at radius 1 is 1.21 bits per heavy atom. The molecule has 1 saturated heterocycles. The van der Waals surface area contributed by atoms with Crippen molar-refractivity contribution in [3.8, 4) is 0 Å². The zero-order valence-corrected chi connectivity index (χ0v) is 14.0. The fourth-order valence-electron chi connectivity index (χ4n) is 3.90. The van der Waals surface area contributed by atoms with Gasteiger partial charge in [-0.25, -0.2) is 8.78 Å². The van der Waals surface area contributed by atoms with Gasteiger partial charge in [-0.05, 0) is 25.8 Å². The number of benzene rings is 1. The van der Waals surface area contributed by atoms with Gasteiger partial charge in [0.1, 0.15) is 11.6 Å². The topological polar surface area (TPSA) is 49.6 Å². The summed E-state index contributed by atoms with van der Waals surface area (Å²) in [5.74, 6) is -0.950. The fraction of sp³-hybridized carbons (Fsp3) is 0.611. The van der Waals surface area contributed by atoms with Crippen LogP contribution in [0.2, 0.25) is 0 Å². The number of hydrogen-bond donors (Lipinski definition) is 1. The summed E-state index contributed by atoms with van der Waals surface area (Å²) in [6, 6.07) is 3.56.